The van der Waals surface area contributed by atoms with E-state index < -0.39 is 11.7 Å². The predicted molar refractivity (Wildman–Crippen MR) is 122 cm³/mol. The van der Waals surface area contributed by atoms with Crippen LogP contribution in [0.2, 0.25) is 0 Å². The Morgan fingerprint density at radius 3 is 2.35 bits per heavy atom. The van der Waals surface area contributed by atoms with Gasteiger partial charge in [0, 0.05) is 32.3 Å². The summed E-state index contributed by atoms with van der Waals surface area (Å²) in [6.45, 7) is 8.32. The number of hydrogen-bond acceptors (Lipinski definition) is 2. The molecule has 3 rings (SSSR count). The van der Waals surface area contributed by atoms with Crippen LogP contribution in [0.1, 0.15) is 45.2 Å². The molecule has 1 aliphatic carbocycles. The lowest BCUT2D eigenvalue weighted by molar-refractivity contribution is -0.137. The van der Waals surface area contributed by atoms with E-state index in [1.165, 1.54) is 6.07 Å². The van der Waals surface area contributed by atoms with Gasteiger partial charge in [-0.05, 0) is 41.5 Å². The zero-order valence-electron chi connectivity index (χ0n) is 19.2. The van der Waals surface area contributed by atoms with Crippen molar-refractivity contribution < 1.29 is 22.7 Å². The fraction of sp³-hybridized carbons (Fsp3) is 0.400. The molecule has 1 unspecified atom stereocenters. The number of allylic oxidation sites excluding steroid dienone is 2. The number of aromatic nitrogens is 1. The first-order chi connectivity index (χ1) is 14.9. The summed E-state index contributed by atoms with van der Waals surface area (Å²) in [5.74, 6) is -0.326. The van der Waals surface area contributed by atoms with Crippen LogP contribution in [0.4, 0.5) is 13.2 Å². The summed E-state index contributed by atoms with van der Waals surface area (Å²) in [7, 11) is 3.25. The van der Waals surface area contributed by atoms with E-state index in [4.69, 9.17) is 0 Å². The van der Waals surface area contributed by atoms with Gasteiger partial charge in [-0.25, -0.2) is 0 Å². The first-order valence-electron chi connectivity index (χ1n) is 10.4. The highest BCUT2D eigenvalue weighted by Gasteiger charge is 2.30. The fourth-order valence-corrected chi connectivity index (χ4v) is 2.80. The Bertz CT molecular complexity index is 912. The summed E-state index contributed by atoms with van der Waals surface area (Å²) in [6, 6.07) is 7.23. The molecular weight excluding hydrogens is 403 g/mol. The number of fused-ring (bicyclic) bond motifs is 1. The lowest BCUT2D eigenvalue weighted by Gasteiger charge is -2.10. The number of methoxy groups -OCH3 is 1. The van der Waals surface area contributed by atoms with Crippen LogP contribution in [0.15, 0.2) is 48.7 Å². The molecule has 0 amide bonds. The number of halogens is 3. The van der Waals surface area contributed by atoms with Crippen molar-refractivity contribution in [2.75, 3.05) is 14.2 Å². The first kappa shape index (κ1) is 28.4. The minimum Gasteiger partial charge on any atom is -0.388 e. The third kappa shape index (κ3) is 9.39. The van der Waals surface area contributed by atoms with Gasteiger partial charge >= 0.3 is 6.18 Å². The Morgan fingerprint density at radius 1 is 1.13 bits per heavy atom. The Kier molecular flexibility index (Phi) is 14.0. The third-order valence-electron chi connectivity index (χ3n) is 3.99. The molecule has 1 heterocycles. The van der Waals surface area contributed by atoms with Gasteiger partial charge in [-0.2, -0.15) is 13.2 Å². The molecule has 0 radical (unpaired) electrons. The topological polar surface area (TPSA) is 31.2 Å². The van der Waals surface area contributed by atoms with Crippen LogP contribution in [-0.2, 0) is 22.3 Å². The van der Waals surface area contributed by atoms with Crippen LogP contribution in [0, 0.1) is 5.92 Å². The zero-order chi connectivity index (χ0) is 23.9. The molecule has 3 nitrogen and oxygen atoms in total. The van der Waals surface area contributed by atoms with Crippen LogP contribution in [0.5, 0.6) is 0 Å². The minimum atomic E-state index is -4.35. The van der Waals surface area contributed by atoms with Gasteiger partial charge in [0.1, 0.15) is 6.29 Å². The quantitative estimate of drug-likeness (QED) is 0.488. The van der Waals surface area contributed by atoms with E-state index in [0.717, 1.165) is 35.4 Å². The molecule has 1 atom stereocenters. The number of ether oxygens (including phenoxy) is 1. The summed E-state index contributed by atoms with van der Waals surface area (Å²) in [5.41, 5.74) is -0.0869. The van der Waals surface area contributed by atoms with Gasteiger partial charge in [0.2, 0.25) is 0 Å². The van der Waals surface area contributed by atoms with Crippen LogP contribution in [-0.4, -0.2) is 25.1 Å². The second-order valence-electron chi connectivity index (χ2n) is 6.14. The Labute approximate surface area is 183 Å². The summed E-state index contributed by atoms with van der Waals surface area (Å²) < 4.78 is 44.7. The molecule has 0 saturated carbocycles. The van der Waals surface area contributed by atoms with Crippen molar-refractivity contribution in [1.29, 1.82) is 0 Å². The number of alkyl halides is 3. The molecule has 1 aliphatic rings. The summed E-state index contributed by atoms with van der Waals surface area (Å²) in [5, 5.41) is 1.84. The van der Waals surface area contributed by atoms with E-state index in [1.807, 2.05) is 68.8 Å². The van der Waals surface area contributed by atoms with E-state index in [2.05, 4.69) is 4.74 Å². The number of carbonyl (C=O) groups excluding carboxylic acids is 1. The van der Waals surface area contributed by atoms with Gasteiger partial charge in [-0.15, -0.1) is 0 Å². The maximum atomic E-state index is 12.9. The van der Waals surface area contributed by atoms with Crippen molar-refractivity contribution in [3.05, 3.63) is 70.4 Å². The zero-order valence-corrected chi connectivity index (χ0v) is 19.2. The molecule has 0 saturated heterocycles. The second kappa shape index (κ2) is 15.2. The van der Waals surface area contributed by atoms with E-state index >= 15 is 0 Å². The highest BCUT2D eigenvalue weighted by molar-refractivity contribution is 5.67. The van der Waals surface area contributed by atoms with Crippen LogP contribution in [0.25, 0.3) is 12.2 Å². The average molecular weight is 438 g/mol. The monoisotopic (exact) mass is 437 g/mol. The number of nitrogens with zero attached hydrogens (tertiary/aromatic N) is 1. The summed E-state index contributed by atoms with van der Waals surface area (Å²) in [6.07, 6.45) is 6.69. The molecule has 172 valence electrons. The molecule has 0 aliphatic heterocycles. The molecule has 6 heteroatoms. The standard InChI is InChI=1S/C19H16F3NO.C2H6O.2C2H6/c20-19(21,22)17-7-3-5-14(10-17)12-23-9-8-16-6-2-1-4-15(13-24)11-18(16)23;1-3-2;2*1-2/h1,3-11,13,15H,2,12H2;1-2H3;2*1-2H3/b4-1-,16-6?,18-11?;;;. The molecule has 1 aromatic carbocycles. The smallest absolute Gasteiger partial charge is 0.388 e. The van der Waals surface area contributed by atoms with Crippen molar-refractivity contribution in [2.45, 2.75) is 46.8 Å². The number of carbonyl (C=O) groups is 1. The highest BCUT2D eigenvalue weighted by Crippen LogP contribution is 2.29. The van der Waals surface area contributed by atoms with Crippen molar-refractivity contribution in [1.82, 2.24) is 4.57 Å². The maximum absolute atomic E-state index is 12.9. The largest absolute Gasteiger partial charge is 0.416 e. The predicted octanol–water partition coefficient (Wildman–Crippen LogP) is 5.21. The van der Waals surface area contributed by atoms with Crippen molar-refractivity contribution in [3.63, 3.8) is 0 Å². The molecule has 0 spiro atoms. The normalized spacial score (nSPS) is 15.3. The average Bonchev–Trinajstić information content (AvgIpc) is 3.11. The van der Waals surface area contributed by atoms with Crippen molar-refractivity contribution in [2.24, 2.45) is 5.92 Å². The SMILES string of the molecule is CC.CC.COC.O=CC1C=c2c(ccn2Cc2cccc(C(F)(F)F)c2)=CC/C=C\1. The van der Waals surface area contributed by atoms with Crippen LogP contribution < -0.4 is 10.6 Å². The third-order valence-corrected chi connectivity index (χ3v) is 3.99. The van der Waals surface area contributed by atoms with E-state index in [-0.39, 0.29) is 5.92 Å². The fourth-order valence-electron chi connectivity index (χ4n) is 2.80. The van der Waals surface area contributed by atoms with E-state index in [9.17, 15) is 18.0 Å². The number of benzene rings is 1. The Morgan fingerprint density at radius 2 is 1.77 bits per heavy atom. The minimum absolute atomic E-state index is 0.318. The molecule has 1 aromatic heterocycles. The molecule has 0 N–H and O–H groups in total. The van der Waals surface area contributed by atoms with Crippen molar-refractivity contribution >= 4 is 18.4 Å². The Balaban J connectivity index is 0.00000116. The van der Waals surface area contributed by atoms with Crippen LogP contribution >= 0.6 is 0 Å². The summed E-state index contributed by atoms with van der Waals surface area (Å²) >= 11 is 0. The van der Waals surface area contributed by atoms with Gasteiger partial charge in [-0.1, -0.05) is 58.1 Å². The highest BCUT2D eigenvalue weighted by atomic mass is 19.4. The summed E-state index contributed by atoms with van der Waals surface area (Å²) in [4.78, 5) is 11.2. The van der Waals surface area contributed by atoms with Crippen LogP contribution in [0.3, 0.4) is 0 Å². The van der Waals surface area contributed by atoms with E-state index in [0.29, 0.717) is 12.1 Å². The molecule has 31 heavy (non-hydrogen) atoms. The number of hydrogen-bond donors (Lipinski definition) is 0. The molecule has 2 aromatic rings. The second-order valence-corrected chi connectivity index (χ2v) is 6.14. The molecule has 0 bridgehead atoms. The van der Waals surface area contributed by atoms with E-state index in [1.54, 1.807) is 20.3 Å². The van der Waals surface area contributed by atoms with Gasteiger partial charge < -0.3 is 14.1 Å². The lowest BCUT2D eigenvalue weighted by atomic mass is 10.1. The Hall–Kier alpha value is -2.60. The molecule has 0 fully saturated rings. The lowest BCUT2D eigenvalue weighted by Crippen LogP contribution is -2.31. The van der Waals surface area contributed by atoms with Gasteiger partial charge in [-0.3, -0.25) is 0 Å². The maximum Gasteiger partial charge on any atom is 0.416 e. The van der Waals surface area contributed by atoms with Gasteiger partial charge in [0.15, 0.2) is 0 Å². The number of rotatable bonds is 3. The van der Waals surface area contributed by atoms with Gasteiger partial charge in [0.25, 0.3) is 0 Å². The molecular formula is C25H34F3NO2. The van der Waals surface area contributed by atoms with Gasteiger partial charge in [0.05, 0.1) is 11.5 Å². The number of aldehydes is 1. The first-order valence-corrected chi connectivity index (χ1v) is 10.4. The van der Waals surface area contributed by atoms with Crippen molar-refractivity contribution in [3.8, 4) is 0 Å².